The Hall–Kier alpha value is -2.49. The highest BCUT2D eigenvalue weighted by Gasteiger charge is 2.43. The minimum Gasteiger partial charge on any atom is -0.550 e. The van der Waals surface area contributed by atoms with Gasteiger partial charge in [0.25, 0.3) is 0 Å². The van der Waals surface area contributed by atoms with Crippen molar-refractivity contribution in [3.05, 3.63) is 65.2 Å². The average Bonchev–Trinajstić information content (AvgIpc) is 2.75. The van der Waals surface area contributed by atoms with Crippen LogP contribution in [0.15, 0.2) is 48.5 Å². The summed E-state index contributed by atoms with van der Waals surface area (Å²) in [6.45, 7) is 1.45. The second-order valence-corrected chi connectivity index (χ2v) is 7.65. The number of rotatable bonds is 6. The number of hydrogen-bond donors (Lipinski definition) is 5. The van der Waals surface area contributed by atoms with Gasteiger partial charge in [0.2, 0.25) is 0 Å². The molecule has 1 aliphatic rings. The molecule has 2 aromatic carbocycles. The average molecular weight is 434 g/mol. The Morgan fingerprint density at radius 1 is 1.03 bits per heavy atom. The normalized spacial score (nSPS) is 25.3. The summed E-state index contributed by atoms with van der Waals surface area (Å²) < 4.78 is 6.02. The maximum atomic E-state index is 10.3. The van der Waals surface area contributed by atoms with Crippen LogP contribution in [0.3, 0.4) is 0 Å². The van der Waals surface area contributed by atoms with Crippen molar-refractivity contribution in [1.29, 1.82) is 0 Å². The molecule has 3 rings (SSSR count). The van der Waals surface area contributed by atoms with Crippen molar-refractivity contribution in [2.75, 3.05) is 6.61 Å². The molecule has 0 aromatic heterocycles. The zero-order valence-corrected chi connectivity index (χ0v) is 17.6. The fourth-order valence-corrected chi connectivity index (χ4v) is 3.55. The van der Waals surface area contributed by atoms with Crippen molar-refractivity contribution in [2.45, 2.75) is 50.7 Å². The summed E-state index contributed by atoms with van der Waals surface area (Å²) in [5.41, 5.74) is 7.16. The molecule has 1 saturated carbocycles. The van der Waals surface area contributed by atoms with Crippen molar-refractivity contribution >= 4 is 5.97 Å². The van der Waals surface area contributed by atoms with Crippen LogP contribution in [0, 0.1) is 5.92 Å². The van der Waals surface area contributed by atoms with E-state index in [4.69, 9.17) is 14.6 Å². The molecule has 0 radical (unpaired) electrons. The van der Waals surface area contributed by atoms with Gasteiger partial charge in [-0.2, -0.15) is 0 Å². The SMILES string of the molecule is CC(=O)[O-].[NH3+]Cc1ccc(Cc2ccccc2O[C@@H]2C[C@H](CO)[C@@H](O)[C@H](O)[C@H]2O)cc1. The molecule has 31 heavy (non-hydrogen) atoms. The smallest absolute Gasteiger partial charge is 0.128 e. The number of carbonyl (C=O) groups excluding carboxylic acids is 1. The molecule has 0 heterocycles. The van der Waals surface area contributed by atoms with Crippen LogP contribution in [-0.2, 0) is 17.8 Å². The van der Waals surface area contributed by atoms with Crippen LogP contribution in [0.25, 0.3) is 0 Å². The summed E-state index contributed by atoms with van der Waals surface area (Å²) in [6.07, 6.45) is -3.48. The Balaban J connectivity index is 0.000000785. The number of carboxylic acids is 1. The van der Waals surface area contributed by atoms with Crippen molar-refractivity contribution in [3.63, 3.8) is 0 Å². The molecule has 1 aliphatic carbocycles. The molecule has 0 aliphatic heterocycles. The number of ether oxygens (including phenoxy) is 1. The Labute approximate surface area is 181 Å². The minimum atomic E-state index is -1.34. The van der Waals surface area contributed by atoms with Gasteiger partial charge in [0, 0.05) is 30.5 Å². The van der Waals surface area contributed by atoms with Gasteiger partial charge < -0.3 is 40.8 Å². The highest BCUT2D eigenvalue weighted by molar-refractivity contribution is 5.60. The third-order valence-corrected chi connectivity index (χ3v) is 5.29. The first-order chi connectivity index (χ1) is 14.8. The lowest BCUT2D eigenvalue weighted by Crippen LogP contribution is -2.56. The molecular formula is C23H31NO7. The number of benzene rings is 2. The molecule has 0 unspecified atom stereocenters. The largest absolute Gasteiger partial charge is 0.550 e. The van der Waals surface area contributed by atoms with Crippen molar-refractivity contribution in [3.8, 4) is 5.75 Å². The molecule has 7 N–H and O–H groups in total. The van der Waals surface area contributed by atoms with Crippen LogP contribution < -0.4 is 15.6 Å². The molecule has 5 atom stereocenters. The molecule has 0 saturated heterocycles. The Kier molecular flexibility index (Phi) is 9.42. The van der Waals surface area contributed by atoms with Gasteiger partial charge in [0.15, 0.2) is 0 Å². The second-order valence-electron chi connectivity index (χ2n) is 7.65. The van der Waals surface area contributed by atoms with Gasteiger partial charge in [-0.25, -0.2) is 0 Å². The maximum absolute atomic E-state index is 10.3. The number of aliphatic hydroxyl groups excluding tert-OH is 4. The number of hydrogen-bond acceptors (Lipinski definition) is 7. The molecular weight excluding hydrogens is 402 g/mol. The number of carbonyl (C=O) groups is 1. The summed E-state index contributed by atoms with van der Waals surface area (Å²) in [6, 6.07) is 15.8. The highest BCUT2D eigenvalue weighted by Crippen LogP contribution is 2.31. The van der Waals surface area contributed by atoms with Crippen LogP contribution in [0.1, 0.15) is 30.0 Å². The van der Waals surface area contributed by atoms with Gasteiger partial charge in [-0.1, -0.05) is 42.5 Å². The van der Waals surface area contributed by atoms with Gasteiger partial charge in [0.1, 0.15) is 24.1 Å². The molecule has 1 fully saturated rings. The van der Waals surface area contributed by atoms with E-state index in [-0.39, 0.29) is 13.0 Å². The number of aliphatic carboxylic acids is 1. The van der Waals surface area contributed by atoms with E-state index >= 15 is 0 Å². The Bertz CT molecular complexity index is 821. The first kappa shape index (κ1) is 24.8. The molecule has 170 valence electrons. The maximum Gasteiger partial charge on any atom is 0.128 e. The summed E-state index contributed by atoms with van der Waals surface area (Å²) in [4.78, 5) is 8.89. The number of para-hydroxylation sites is 1. The topological polar surface area (TPSA) is 158 Å². The van der Waals surface area contributed by atoms with Gasteiger partial charge in [-0.15, -0.1) is 0 Å². The Morgan fingerprint density at radius 2 is 1.61 bits per heavy atom. The fourth-order valence-electron chi connectivity index (χ4n) is 3.55. The zero-order valence-electron chi connectivity index (χ0n) is 17.6. The van der Waals surface area contributed by atoms with Crippen LogP contribution in [0.4, 0.5) is 0 Å². The van der Waals surface area contributed by atoms with Crippen LogP contribution in [0.5, 0.6) is 5.75 Å². The number of aliphatic hydroxyl groups is 4. The zero-order chi connectivity index (χ0) is 23.0. The lowest BCUT2D eigenvalue weighted by Gasteiger charge is -2.39. The number of carboxylic acid groups (broad SMARTS) is 1. The fraction of sp³-hybridized carbons (Fsp3) is 0.435. The molecule has 0 spiro atoms. The predicted octanol–water partition coefficient (Wildman–Crippen LogP) is -1.38. The molecule has 2 aromatic rings. The van der Waals surface area contributed by atoms with E-state index < -0.39 is 36.3 Å². The summed E-state index contributed by atoms with van der Waals surface area (Å²) in [5, 5.41) is 48.6. The molecule has 8 nitrogen and oxygen atoms in total. The molecule has 0 bridgehead atoms. The lowest BCUT2D eigenvalue weighted by atomic mass is 9.81. The van der Waals surface area contributed by atoms with Crippen LogP contribution >= 0.6 is 0 Å². The van der Waals surface area contributed by atoms with E-state index in [1.54, 1.807) is 0 Å². The van der Waals surface area contributed by atoms with Crippen molar-refractivity contribution in [2.24, 2.45) is 5.92 Å². The monoisotopic (exact) mass is 433 g/mol. The van der Waals surface area contributed by atoms with E-state index in [1.807, 2.05) is 24.3 Å². The predicted molar refractivity (Wildman–Crippen MR) is 111 cm³/mol. The van der Waals surface area contributed by atoms with E-state index in [1.165, 1.54) is 5.56 Å². The van der Waals surface area contributed by atoms with Gasteiger partial charge in [-0.3, -0.25) is 0 Å². The van der Waals surface area contributed by atoms with Gasteiger partial charge in [-0.05, 0) is 30.5 Å². The van der Waals surface area contributed by atoms with Crippen molar-refractivity contribution < 1.29 is 40.8 Å². The Morgan fingerprint density at radius 3 is 2.19 bits per heavy atom. The lowest BCUT2D eigenvalue weighted by molar-refractivity contribution is -0.386. The van der Waals surface area contributed by atoms with E-state index in [2.05, 4.69) is 30.0 Å². The molecule has 8 heteroatoms. The van der Waals surface area contributed by atoms with E-state index in [0.29, 0.717) is 12.2 Å². The summed E-state index contributed by atoms with van der Waals surface area (Å²) in [5.74, 6) is -0.987. The third-order valence-electron chi connectivity index (χ3n) is 5.29. The standard InChI is InChI=1S/C21H27NO5.C2H4O2/c22-11-14-7-5-13(6-8-14)9-15-3-1-2-4-17(15)27-18-10-16(12-23)19(24)21(26)20(18)25;1-2(3)4/h1-8,16,18-21,23-26H,9-12,22H2;1H3,(H,3,4)/t16-,18-,19-,20+,21+;/m1./s1. The summed E-state index contributed by atoms with van der Waals surface area (Å²) in [7, 11) is 0. The number of quaternary nitrogens is 1. The minimum absolute atomic E-state index is 0.266. The third kappa shape index (κ3) is 7.02. The first-order valence-corrected chi connectivity index (χ1v) is 10.2. The van der Waals surface area contributed by atoms with Crippen molar-refractivity contribution in [1.82, 2.24) is 0 Å². The van der Waals surface area contributed by atoms with Gasteiger partial charge in [0.05, 0.1) is 12.6 Å². The first-order valence-electron chi connectivity index (χ1n) is 10.2. The quantitative estimate of drug-likeness (QED) is 0.375. The second kappa shape index (κ2) is 11.8. The van der Waals surface area contributed by atoms with Crippen LogP contribution in [0.2, 0.25) is 0 Å². The van der Waals surface area contributed by atoms with Crippen LogP contribution in [-0.4, -0.2) is 57.4 Å². The summed E-state index contributed by atoms with van der Waals surface area (Å²) >= 11 is 0. The van der Waals surface area contributed by atoms with E-state index in [0.717, 1.165) is 24.6 Å². The van der Waals surface area contributed by atoms with E-state index in [9.17, 15) is 20.4 Å². The van der Waals surface area contributed by atoms with Gasteiger partial charge >= 0.3 is 0 Å². The molecule has 0 amide bonds. The highest BCUT2D eigenvalue weighted by atomic mass is 16.5.